The van der Waals surface area contributed by atoms with Crippen molar-refractivity contribution in [1.29, 1.82) is 0 Å². The smallest absolute Gasteiger partial charge is 0.392 e. The molecule has 0 fully saturated rings. The summed E-state index contributed by atoms with van der Waals surface area (Å²) < 4.78 is 57.9. The summed E-state index contributed by atoms with van der Waals surface area (Å²) in [4.78, 5) is 28.1. The molecular weight excluding hydrogens is 459 g/mol. The van der Waals surface area contributed by atoms with Crippen LogP contribution in [-0.2, 0) is 4.57 Å². The summed E-state index contributed by atoms with van der Waals surface area (Å²) in [5.74, 6) is -1.54. The van der Waals surface area contributed by atoms with Crippen LogP contribution in [0.3, 0.4) is 0 Å². The number of carbonyl (C=O) groups excluding carboxylic acids is 1. The number of ether oxygens (including phenoxy) is 2. The third-order valence-corrected chi connectivity index (χ3v) is 5.48. The number of nitrogens with zero attached hydrogens (tertiary/aromatic N) is 3. The van der Waals surface area contributed by atoms with Crippen LogP contribution in [0.1, 0.15) is 34.3 Å². The summed E-state index contributed by atoms with van der Waals surface area (Å²) in [5, 5.41) is 0. The van der Waals surface area contributed by atoms with Gasteiger partial charge in [0.1, 0.15) is 46.1 Å². The molecule has 2 unspecified atom stereocenters. The van der Waals surface area contributed by atoms with E-state index in [-0.39, 0.29) is 58.4 Å². The van der Waals surface area contributed by atoms with Crippen molar-refractivity contribution in [2.24, 2.45) is 0 Å². The lowest BCUT2D eigenvalue weighted by molar-refractivity contribution is 0.0826. The third kappa shape index (κ3) is 4.51. The Morgan fingerprint density at radius 2 is 2.03 bits per heavy atom. The van der Waals surface area contributed by atoms with Gasteiger partial charge < -0.3 is 23.9 Å². The molecule has 1 aliphatic rings. The minimum Gasteiger partial charge on any atom is -0.493 e. The summed E-state index contributed by atoms with van der Waals surface area (Å²) in [6, 6.07) is 4.76. The predicted octanol–water partition coefficient (Wildman–Crippen LogP) is 3.47. The van der Waals surface area contributed by atoms with E-state index in [0.29, 0.717) is 0 Å². The van der Waals surface area contributed by atoms with E-state index in [1.54, 1.807) is 21.0 Å². The van der Waals surface area contributed by atoms with Crippen LogP contribution in [0, 0.1) is 18.6 Å². The normalized spacial score (nSPS) is 17.1. The molecule has 0 radical (unpaired) electrons. The molecule has 176 valence electrons. The number of benzene rings is 2. The van der Waals surface area contributed by atoms with Crippen molar-refractivity contribution in [3.05, 3.63) is 52.9 Å². The van der Waals surface area contributed by atoms with Gasteiger partial charge in [0, 0.05) is 38.2 Å². The minimum atomic E-state index is -3.96. The van der Waals surface area contributed by atoms with E-state index in [9.17, 15) is 23.0 Å². The molecule has 1 aliphatic heterocycles. The van der Waals surface area contributed by atoms with Crippen LogP contribution in [0.25, 0.3) is 11.0 Å². The van der Waals surface area contributed by atoms with Gasteiger partial charge in [0.15, 0.2) is 0 Å². The van der Waals surface area contributed by atoms with E-state index in [1.807, 2.05) is 0 Å². The average molecular weight is 481 g/mol. The van der Waals surface area contributed by atoms with E-state index < -0.39 is 25.3 Å². The molecule has 1 aromatic heterocycles. The Morgan fingerprint density at radius 3 is 2.70 bits per heavy atom. The SMILES string of the molecule is Cc1nc2c(OC3CCOc4cc(F)cc(F)c43)cc(C(=O)N(C)C)cc2n1OP(C)(=O)O. The maximum absolute atomic E-state index is 14.6. The number of fused-ring (bicyclic) bond motifs is 2. The monoisotopic (exact) mass is 481 g/mol. The molecule has 12 heteroatoms. The highest BCUT2D eigenvalue weighted by Crippen LogP contribution is 2.41. The van der Waals surface area contributed by atoms with Gasteiger partial charge in [0.05, 0.1) is 18.8 Å². The molecule has 2 aromatic carbocycles. The Hall–Kier alpha value is -3.17. The number of hydrogen-bond acceptors (Lipinski definition) is 6. The van der Waals surface area contributed by atoms with Gasteiger partial charge in [-0.05, 0) is 19.1 Å². The van der Waals surface area contributed by atoms with Gasteiger partial charge >= 0.3 is 7.60 Å². The first-order chi connectivity index (χ1) is 15.4. The number of hydrogen-bond donors (Lipinski definition) is 1. The van der Waals surface area contributed by atoms with Crippen molar-refractivity contribution in [3.8, 4) is 11.5 Å². The average Bonchev–Trinajstić information content (AvgIpc) is 3.01. The molecule has 0 saturated heterocycles. The maximum Gasteiger partial charge on any atom is 0.392 e. The molecule has 4 rings (SSSR count). The van der Waals surface area contributed by atoms with E-state index in [2.05, 4.69) is 4.98 Å². The first-order valence-corrected chi connectivity index (χ1v) is 12.0. The van der Waals surface area contributed by atoms with Gasteiger partial charge in [-0.25, -0.2) is 18.3 Å². The lowest BCUT2D eigenvalue weighted by atomic mass is 10.0. The zero-order valence-electron chi connectivity index (χ0n) is 18.3. The van der Waals surface area contributed by atoms with Gasteiger partial charge in [-0.15, -0.1) is 0 Å². The molecule has 2 atom stereocenters. The fourth-order valence-corrected chi connectivity index (χ4v) is 4.16. The Morgan fingerprint density at radius 1 is 1.30 bits per heavy atom. The predicted molar refractivity (Wildman–Crippen MR) is 115 cm³/mol. The van der Waals surface area contributed by atoms with Crippen molar-refractivity contribution in [2.75, 3.05) is 27.4 Å². The van der Waals surface area contributed by atoms with Crippen LogP contribution >= 0.6 is 7.60 Å². The van der Waals surface area contributed by atoms with Crippen LogP contribution in [0.4, 0.5) is 8.78 Å². The second-order valence-corrected chi connectivity index (χ2v) is 9.69. The van der Waals surface area contributed by atoms with Crippen molar-refractivity contribution in [3.63, 3.8) is 0 Å². The summed E-state index contributed by atoms with van der Waals surface area (Å²) in [6.07, 6.45) is -0.580. The fourth-order valence-electron chi connectivity index (χ4n) is 3.65. The zero-order valence-corrected chi connectivity index (χ0v) is 19.2. The Bertz CT molecular complexity index is 1300. The first-order valence-electron chi connectivity index (χ1n) is 9.98. The second-order valence-electron chi connectivity index (χ2n) is 7.92. The summed E-state index contributed by atoms with van der Waals surface area (Å²) in [6.45, 7) is 2.74. The molecule has 0 spiro atoms. The molecule has 0 saturated carbocycles. The number of imidazole rings is 1. The van der Waals surface area contributed by atoms with Crippen LogP contribution < -0.4 is 14.1 Å². The Labute approximate surface area is 188 Å². The summed E-state index contributed by atoms with van der Waals surface area (Å²) in [5.41, 5.74) is 0.717. The van der Waals surface area contributed by atoms with E-state index >= 15 is 0 Å². The molecule has 9 nitrogen and oxygen atoms in total. The van der Waals surface area contributed by atoms with Crippen molar-refractivity contribution < 1.29 is 37.1 Å². The van der Waals surface area contributed by atoms with Crippen LogP contribution in [0.2, 0.25) is 0 Å². The largest absolute Gasteiger partial charge is 0.493 e. The lowest BCUT2D eigenvalue weighted by Crippen LogP contribution is -2.23. The molecule has 0 aliphatic carbocycles. The summed E-state index contributed by atoms with van der Waals surface area (Å²) >= 11 is 0. The molecule has 2 heterocycles. The summed E-state index contributed by atoms with van der Waals surface area (Å²) in [7, 11) is -0.827. The number of aryl methyl sites for hydroxylation is 1. The lowest BCUT2D eigenvalue weighted by Gasteiger charge is -2.27. The molecule has 1 N–H and O–H groups in total. The molecule has 33 heavy (non-hydrogen) atoms. The van der Waals surface area contributed by atoms with Crippen LogP contribution in [0.15, 0.2) is 24.3 Å². The number of halogens is 2. The second kappa shape index (κ2) is 8.31. The number of rotatable bonds is 5. The fraction of sp³-hybridized carbons (Fsp3) is 0.333. The van der Waals surface area contributed by atoms with Crippen molar-refractivity contribution >= 4 is 24.5 Å². The molecule has 3 aromatic rings. The van der Waals surface area contributed by atoms with E-state index in [0.717, 1.165) is 23.5 Å². The standard InChI is InChI=1S/C21H22F2N3O6P/c1-11-24-20-15(26(11)32-33(4,28)29)7-12(21(27)25(2)3)8-18(20)31-16-5-6-30-17-10-13(22)9-14(23)19(16)17/h7-10,16H,5-6H2,1-4H3,(H,28,29). The van der Waals surface area contributed by atoms with Crippen LogP contribution in [-0.4, -0.2) is 52.8 Å². The van der Waals surface area contributed by atoms with Gasteiger partial charge in [-0.3, -0.25) is 4.79 Å². The topological polar surface area (TPSA) is 103 Å². The van der Waals surface area contributed by atoms with Gasteiger partial charge in [-0.1, -0.05) is 0 Å². The molecule has 0 bridgehead atoms. The highest BCUT2D eigenvalue weighted by atomic mass is 31.2. The first kappa shape index (κ1) is 23.0. The van der Waals surface area contributed by atoms with E-state index in [1.165, 1.54) is 17.0 Å². The molecular formula is C21H22F2N3O6P. The Kier molecular flexibility index (Phi) is 5.79. The third-order valence-electron chi connectivity index (χ3n) is 5.01. The number of carbonyl (C=O) groups is 1. The number of amides is 1. The van der Waals surface area contributed by atoms with Gasteiger partial charge in [0.25, 0.3) is 5.91 Å². The van der Waals surface area contributed by atoms with Crippen LogP contribution in [0.5, 0.6) is 11.5 Å². The van der Waals surface area contributed by atoms with Gasteiger partial charge in [-0.2, -0.15) is 4.73 Å². The maximum atomic E-state index is 14.6. The minimum absolute atomic E-state index is 0.0396. The van der Waals surface area contributed by atoms with E-state index in [4.69, 9.17) is 14.1 Å². The Balaban J connectivity index is 1.87. The number of aromatic nitrogens is 2. The van der Waals surface area contributed by atoms with Crippen molar-refractivity contribution in [2.45, 2.75) is 19.4 Å². The quantitative estimate of drug-likeness (QED) is 0.557. The molecule has 1 amide bonds. The van der Waals surface area contributed by atoms with Crippen molar-refractivity contribution in [1.82, 2.24) is 14.6 Å². The zero-order chi connectivity index (χ0) is 24.1. The highest BCUT2D eigenvalue weighted by Gasteiger charge is 2.30. The highest BCUT2D eigenvalue weighted by molar-refractivity contribution is 7.52. The van der Waals surface area contributed by atoms with Gasteiger partial charge in [0.2, 0.25) is 0 Å².